The number of nitrogens with one attached hydrogen (secondary N) is 2. The number of ether oxygens (including phenoxy) is 1. The van der Waals surface area contributed by atoms with Gasteiger partial charge in [0.05, 0.1) is 19.3 Å². The number of anilines is 1. The molecule has 1 heterocycles. The van der Waals surface area contributed by atoms with E-state index in [4.69, 9.17) is 16.3 Å². The van der Waals surface area contributed by atoms with Crippen molar-refractivity contribution in [2.45, 2.75) is 38.6 Å². The molecule has 1 aliphatic rings. The molecule has 37 heavy (non-hydrogen) atoms. The van der Waals surface area contributed by atoms with Gasteiger partial charge in [-0.1, -0.05) is 49.6 Å². The van der Waals surface area contributed by atoms with Crippen molar-refractivity contribution in [1.82, 2.24) is 15.3 Å². The van der Waals surface area contributed by atoms with Gasteiger partial charge in [0.1, 0.15) is 0 Å². The third-order valence-electron chi connectivity index (χ3n) is 6.71. The number of pyridine rings is 1. The summed E-state index contributed by atoms with van der Waals surface area (Å²) in [6, 6.07) is 14.5. The summed E-state index contributed by atoms with van der Waals surface area (Å²) in [6.45, 7) is 1.01. The Morgan fingerprint density at radius 3 is 2.54 bits per heavy atom. The number of hydrogen-bond acceptors (Lipinski definition) is 7. The fraction of sp³-hybridized carbons (Fsp3) is 0.321. The molecule has 1 fully saturated rings. The van der Waals surface area contributed by atoms with E-state index in [1.165, 1.54) is 37.6 Å². The van der Waals surface area contributed by atoms with Crippen LogP contribution in [0, 0.1) is 5.92 Å². The highest BCUT2D eigenvalue weighted by molar-refractivity contribution is 6.15. The number of aromatic nitrogens is 1. The fourth-order valence-electron chi connectivity index (χ4n) is 4.79. The molecule has 0 spiro atoms. The van der Waals surface area contributed by atoms with Crippen molar-refractivity contribution in [3.05, 3.63) is 77.8 Å². The molecule has 0 unspecified atom stereocenters. The molecule has 9 heteroatoms. The summed E-state index contributed by atoms with van der Waals surface area (Å²) in [5, 5.41) is 9.03. The first-order valence-electron chi connectivity index (χ1n) is 12.5. The number of nitrogens with two attached hydrogens (primary N) is 2. The van der Waals surface area contributed by atoms with Crippen LogP contribution in [0.5, 0.6) is 5.88 Å². The minimum atomic E-state index is -0.345. The molecule has 194 valence electrons. The highest BCUT2D eigenvalue weighted by Gasteiger charge is 2.21. The van der Waals surface area contributed by atoms with Gasteiger partial charge >= 0.3 is 0 Å². The first-order valence-corrected chi connectivity index (χ1v) is 12.5. The Hall–Kier alpha value is -4.11. The van der Waals surface area contributed by atoms with Crippen LogP contribution in [0.2, 0.25) is 0 Å². The molecule has 1 aromatic heterocycles. The van der Waals surface area contributed by atoms with E-state index in [-0.39, 0.29) is 17.5 Å². The predicted molar refractivity (Wildman–Crippen MR) is 145 cm³/mol. The molecule has 3 aromatic rings. The van der Waals surface area contributed by atoms with Crippen LogP contribution < -0.4 is 26.9 Å². The van der Waals surface area contributed by atoms with Crippen molar-refractivity contribution >= 4 is 28.3 Å². The number of carbonyl (C=O) groups excluding carboxylic acids is 2. The van der Waals surface area contributed by atoms with Crippen LogP contribution in [0.15, 0.2) is 60.9 Å². The second-order valence-electron chi connectivity index (χ2n) is 9.25. The number of fused-ring (bicyclic) bond motifs is 1. The summed E-state index contributed by atoms with van der Waals surface area (Å²) in [4.78, 5) is 30.9. The zero-order valence-corrected chi connectivity index (χ0v) is 21.1. The second-order valence-corrected chi connectivity index (χ2v) is 9.25. The average Bonchev–Trinajstić information content (AvgIpc) is 2.92. The maximum absolute atomic E-state index is 13.4. The number of hydrazine groups is 1. The lowest BCUT2D eigenvalue weighted by molar-refractivity contribution is 0.0938. The summed E-state index contributed by atoms with van der Waals surface area (Å²) in [5.74, 6) is 6.07. The molecule has 4 rings (SSSR count). The fourth-order valence-corrected chi connectivity index (χ4v) is 4.79. The second kappa shape index (κ2) is 12.2. The lowest BCUT2D eigenvalue weighted by Gasteiger charge is -2.22. The third-order valence-corrected chi connectivity index (χ3v) is 6.71. The molecular weight excluding hydrogens is 468 g/mol. The Morgan fingerprint density at radius 1 is 1.05 bits per heavy atom. The maximum atomic E-state index is 13.4. The van der Waals surface area contributed by atoms with Crippen LogP contribution in [0.1, 0.15) is 58.5 Å². The summed E-state index contributed by atoms with van der Waals surface area (Å²) < 4.78 is 5.23. The Bertz CT molecular complexity index is 1290. The van der Waals surface area contributed by atoms with Gasteiger partial charge in [-0.25, -0.2) is 10.8 Å². The van der Waals surface area contributed by atoms with E-state index >= 15 is 0 Å². The van der Waals surface area contributed by atoms with Gasteiger partial charge in [0.15, 0.2) is 5.69 Å². The molecule has 2 aromatic carbocycles. The molecule has 0 atom stereocenters. The molecule has 9 nitrogen and oxygen atoms in total. The average molecular weight is 503 g/mol. The normalized spacial score (nSPS) is 14.0. The summed E-state index contributed by atoms with van der Waals surface area (Å²) in [7, 11) is 1.49. The van der Waals surface area contributed by atoms with Crippen molar-refractivity contribution in [3.8, 4) is 5.88 Å². The minimum Gasteiger partial charge on any atom is -0.481 e. The molecule has 2 amide bonds. The van der Waals surface area contributed by atoms with Gasteiger partial charge in [-0.05, 0) is 47.2 Å². The smallest absolute Gasteiger partial charge is 0.272 e. The standard InChI is InChI=1S/C28H34N6O3/c1-37-25-14-13-24(26(33-25)28(36)31-17-19-7-3-2-4-8-19)32-27(35)23-12-11-20(18-34(30)16-15-29)21-9-5-6-10-22(21)23/h5-6,9-16,19H,2-4,7-8,17-18,29-30H2,1H3,(H,31,36)(H,32,35)/b16-15-. The summed E-state index contributed by atoms with van der Waals surface area (Å²) in [6.07, 6.45) is 8.82. The zero-order chi connectivity index (χ0) is 26.2. The van der Waals surface area contributed by atoms with Gasteiger partial charge in [0, 0.05) is 30.6 Å². The topological polar surface area (TPSA) is 136 Å². The van der Waals surface area contributed by atoms with Crippen molar-refractivity contribution < 1.29 is 14.3 Å². The first-order chi connectivity index (χ1) is 18.0. The van der Waals surface area contributed by atoms with Crippen LogP contribution in [0.4, 0.5) is 5.69 Å². The van der Waals surface area contributed by atoms with Crippen molar-refractivity contribution in [2.75, 3.05) is 19.0 Å². The van der Waals surface area contributed by atoms with Crippen LogP contribution >= 0.6 is 0 Å². The Labute approximate surface area is 216 Å². The zero-order valence-electron chi connectivity index (χ0n) is 21.1. The van der Waals surface area contributed by atoms with E-state index in [0.29, 0.717) is 36.1 Å². The first kappa shape index (κ1) is 26.0. The number of carbonyl (C=O) groups is 2. The van der Waals surface area contributed by atoms with Crippen molar-refractivity contribution in [3.63, 3.8) is 0 Å². The summed E-state index contributed by atoms with van der Waals surface area (Å²) >= 11 is 0. The Balaban J connectivity index is 1.58. The Kier molecular flexibility index (Phi) is 8.58. The lowest BCUT2D eigenvalue weighted by atomic mass is 9.89. The minimum absolute atomic E-state index is 0.122. The molecule has 0 saturated heterocycles. The number of amides is 2. The van der Waals surface area contributed by atoms with E-state index in [2.05, 4.69) is 15.6 Å². The SMILES string of the molecule is COc1ccc(NC(=O)c2ccc(CN(N)/C=C\N)c3ccccc23)c(C(=O)NCC2CCCCC2)n1. The van der Waals surface area contributed by atoms with E-state index in [9.17, 15) is 9.59 Å². The molecule has 1 aliphatic carbocycles. The highest BCUT2D eigenvalue weighted by Crippen LogP contribution is 2.26. The lowest BCUT2D eigenvalue weighted by Crippen LogP contribution is -2.31. The van der Waals surface area contributed by atoms with Crippen LogP contribution in [-0.2, 0) is 6.54 Å². The summed E-state index contributed by atoms with van der Waals surface area (Å²) in [5.41, 5.74) is 7.31. The van der Waals surface area contributed by atoms with E-state index in [0.717, 1.165) is 29.2 Å². The van der Waals surface area contributed by atoms with Crippen LogP contribution in [-0.4, -0.2) is 35.5 Å². The van der Waals surface area contributed by atoms with E-state index in [1.807, 2.05) is 30.3 Å². The number of hydrogen-bond donors (Lipinski definition) is 4. The van der Waals surface area contributed by atoms with Gasteiger partial charge in [-0.15, -0.1) is 0 Å². The van der Waals surface area contributed by atoms with Gasteiger partial charge in [0.2, 0.25) is 5.88 Å². The van der Waals surface area contributed by atoms with Gasteiger partial charge in [0.25, 0.3) is 11.8 Å². The van der Waals surface area contributed by atoms with Crippen LogP contribution in [0.3, 0.4) is 0 Å². The van der Waals surface area contributed by atoms with E-state index in [1.54, 1.807) is 24.4 Å². The number of methoxy groups -OCH3 is 1. The quantitative estimate of drug-likeness (QED) is 0.257. The largest absolute Gasteiger partial charge is 0.481 e. The van der Waals surface area contributed by atoms with Gasteiger partial charge in [-0.2, -0.15) is 0 Å². The number of benzene rings is 2. The molecule has 1 saturated carbocycles. The molecule has 6 N–H and O–H groups in total. The Morgan fingerprint density at radius 2 is 1.81 bits per heavy atom. The third kappa shape index (κ3) is 6.37. The van der Waals surface area contributed by atoms with Gasteiger partial charge in [-0.3, -0.25) is 9.59 Å². The number of nitrogens with zero attached hydrogens (tertiary/aromatic N) is 2. The van der Waals surface area contributed by atoms with Crippen LogP contribution in [0.25, 0.3) is 10.8 Å². The highest BCUT2D eigenvalue weighted by atomic mass is 16.5. The van der Waals surface area contributed by atoms with Crippen molar-refractivity contribution in [1.29, 1.82) is 0 Å². The molecule has 0 radical (unpaired) electrons. The number of rotatable bonds is 9. The molecule has 0 bridgehead atoms. The molecule has 0 aliphatic heterocycles. The predicted octanol–water partition coefficient (Wildman–Crippen LogP) is 3.91. The molecular formula is C28H34N6O3. The maximum Gasteiger partial charge on any atom is 0.272 e. The van der Waals surface area contributed by atoms with E-state index < -0.39 is 0 Å². The monoisotopic (exact) mass is 502 g/mol. The van der Waals surface area contributed by atoms with Crippen molar-refractivity contribution in [2.24, 2.45) is 17.5 Å². The van der Waals surface area contributed by atoms with Gasteiger partial charge < -0.3 is 26.1 Å².